The summed E-state index contributed by atoms with van der Waals surface area (Å²) in [6.07, 6.45) is 69.3. The van der Waals surface area contributed by atoms with E-state index >= 15 is 0 Å². The van der Waals surface area contributed by atoms with E-state index < -0.39 is 6.10 Å². The summed E-state index contributed by atoms with van der Waals surface area (Å²) in [5.74, 6) is -0.733. The SMILES string of the molecule is CC/C=C\C/C=C\C/C=C\C/C=C\C/C=C\C/C=C\C/C=C\C/C=C\CCCCCCC(=O)OC(CO)COC(=O)CC/C=C\C/C=C\C/C=C\C/C=C\CC. The molecule has 0 rings (SSSR count). The number of hydrogen-bond acceptors (Lipinski definition) is 5. The molecule has 5 nitrogen and oxygen atoms in total. The first-order chi connectivity index (χ1) is 27.6. The van der Waals surface area contributed by atoms with Crippen LogP contribution in [0, 0.1) is 0 Å². The van der Waals surface area contributed by atoms with E-state index in [1.165, 1.54) is 0 Å². The Labute approximate surface area is 342 Å². The van der Waals surface area contributed by atoms with Gasteiger partial charge in [-0.05, 0) is 103 Å². The molecule has 0 heterocycles. The average molecular weight is 769 g/mol. The summed E-state index contributed by atoms with van der Waals surface area (Å²) >= 11 is 0. The highest BCUT2D eigenvalue weighted by Gasteiger charge is 2.15. The second kappa shape index (κ2) is 45.2. The Hall–Kier alpha value is -4.22. The van der Waals surface area contributed by atoms with Crippen molar-refractivity contribution in [2.75, 3.05) is 13.2 Å². The normalized spacial score (nSPS) is 13.7. The summed E-state index contributed by atoms with van der Waals surface area (Å²) in [7, 11) is 0. The van der Waals surface area contributed by atoms with Crippen molar-refractivity contribution in [3.8, 4) is 0 Å². The first kappa shape index (κ1) is 51.8. The highest BCUT2D eigenvalue weighted by atomic mass is 16.6. The van der Waals surface area contributed by atoms with Crippen LogP contribution in [0.2, 0.25) is 0 Å². The Kier molecular flexibility index (Phi) is 41.8. The van der Waals surface area contributed by atoms with Crippen LogP contribution in [0.25, 0.3) is 0 Å². The maximum Gasteiger partial charge on any atom is 0.306 e. The lowest BCUT2D eigenvalue weighted by atomic mass is 10.1. The van der Waals surface area contributed by atoms with Gasteiger partial charge in [0.2, 0.25) is 0 Å². The van der Waals surface area contributed by atoms with Crippen LogP contribution in [0.5, 0.6) is 0 Å². The van der Waals surface area contributed by atoms with E-state index in [0.29, 0.717) is 12.8 Å². The summed E-state index contributed by atoms with van der Waals surface area (Å²) in [5.41, 5.74) is 0. The van der Waals surface area contributed by atoms with Gasteiger partial charge in [0, 0.05) is 12.8 Å². The van der Waals surface area contributed by atoms with Crippen molar-refractivity contribution in [2.45, 2.75) is 148 Å². The molecule has 0 radical (unpaired) electrons. The van der Waals surface area contributed by atoms with Crippen LogP contribution in [0.1, 0.15) is 142 Å². The molecule has 0 aromatic rings. The predicted octanol–water partition coefficient (Wildman–Crippen LogP) is 13.9. The van der Waals surface area contributed by atoms with Gasteiger partial charge in [-0.2, -0.15) is 0 Å². The van der Waals surface area contributed by atoms with E-state index in [4.69, 9.17) is 9.47 Å². The summed E-state index contributed by atoms with van der Waals surface area (Å²) in [6, 6.07) is 0. The first-order valence-electron chi connectivity index (χ1n) is 21.4. The fourth-order valence-corrected chi connectivity index (χ4v) is 4.99. The van der Waals surface area contributed by atoms with Gasteiger partial charge in [0.05, 0.1) is 6.61 Å². The number of ether oxygens (including phenoxy) is 2. The molecule has 0 aliphatic rings. The minimum Gasteiger partial charge on any atom is -0.462 e. The number of hydrogen-bond donors (Lipinski definition) is 1. The number of carbonyl (C=O) groups excluding carboxylic acids is 2. The monoisotopic (exact) mass is 769 g/mol. The van der Waals surface area contributed by atoms with Crippen molar-refractivity contribution in [2.24, 2.45) is 0 Å². The number of aliphatic hydroxyl groups excluding tert-OH is 1. The van der Waals surface area contributed by atoms with Crippen molar-refractivity contribution in [3.63, 3.8) is 0 Å². The minimum atomic E-state index is -0.825. The van der Waals surface area contributed by atoms with Gasteiger partial charge in [0.1, 0.15) is 6.61 Å². The third kappa shape index (κ3) is 42.5. The molecular formula is C51H76O5. The van der Waals surface area contributed by atoms with E-state index in [1.807, 2.05) is 12.2 Å². The molecule has 1 N–H and O–H groups in total. The quantitative estimate of drug-likeness (QED) is 0.0390. The molecule has 0 fully saturated rings. The van der Waals surface area contributed by atoms with Gasteiger partial charge in [0.15, 0.2) is 6.10 Å². The Morgan fingerprint density at radius 1 is 0.411 bits per heavy atom. The maximum absolute atomic E-state index is 12.2. The molecule has 0 aromatic heterocycles. The maximum atomic E-state index is 12.2. The van der Waals surface area contributed by atoms with Crippen LogP contribution >= 0.6 is 0 Å². The van der Waals surface area contributed by atoms with Crippen molar-refractivity contribution < 1.29 is 24.2 Å². The largest absolute Gasteiger partial charge is 0.462 e. The zero-order chi connectivity index (χ0) is 40.7. The molecule has 0 aliphatic heterocycles. The van der Waals surface area contributed by atoms with Crippen LogP contribution in [0.4, 0.5) is 0 Å². The lowest BCUT2D eigenvalue weighted by Crippen LogP contribution is -2.28. The second-order valence-electron chi connectivity index (χ2n) is 13.3. The fourth-order valence-electron chi connectivity index (χ4n) is 4.99. The topological polar surface area (TPSA) is 72.8 Å². The van der Waals surface area contributed by atoms with Gasteiger partial charge in [0.25, 0.3) is 0 Å². The molecule has 0 spiro atoms. The van der Waals surface area contributed by atoms with E-state index in [1.54, 1.807) is 0 Å². The van der Waals surface area contributed by atoms with Gasteiger partial charge in [-0.3, -0.25) is 9.59 Å². The van der Waals surface area contributed by atoms with Gasteiger partial charge in [-0.1, -0.05) is 173 Å². The summed E-state index contributed by atoms with van der Waals surface area (Å²) in [5, 5.41) is 9.55. The van der Waals surface area contributed by atoms with Crippen LogP contribution in [0.15, 0.2) is 146 Å². The molecule has 310 valence electrons. The lowest BCUT2D eigenvalue weighted by molar-refractivity contribution is -0.161. The van der Waals surface area contributed by atoms with E-state index in [2.05, 4.69) is 148 Å². The lowest BCUT2D eigenvalue weighted by Gasteiger charge is -2.15. The zero-order valence-corrected chi connectivity index (χ0v) is 35.1. The molecular weight excluding hydrogens is 693 g/mol. The van der Waals surface area contributed by atoms with Crippen LogP contribution < -0.4 is 0 Å². The van der Waals surface area contributed by atoms with Gasteiger partial charge < -0.3 is 14.6 Å². The molecule has 1 atom stereocenters. The number of unbranched alkanes of at least 4 members (excludes halogenated alkanes) is 4. The predicted molar refractivity (Wildman–Crippen MR) is 241 cm³/mol. The third-order valence-corrected chi connectivity index (χ3v) is 8.14. The van der Waals surface area contributed by atoms with Crippen molar-refractivity contribution in [1.82, 2.24) is 0 Å². The molecule has 0 bridgehead atoms. The molecule has 0 aliphatic carbocycles. The summed E-state index contributed by atoms with van der Waals surface area (Å²) < 4.78 is 10.5. The second-order valence-corrected chi connectivity index (χ2v) is 13.3. The van der Waals surface area contributed by atoms with Crippen LogP contribution in [-0.4, -0.2) is 36.4 Å². The van der Waals surface area contributed by atoms with E-state index in [-0.39, 0.29) is 31.6 Å². The van der Waals surface area contributed by atoms with Crippen LogP contribution in [-0.2, 0) is 19.1 Å². The number of carbonyl (C=O) groups is 2. The van der Waals surface area contributed by atoms with E-state index in [9.17, 15) is 14.7 Å². The Morgan fingerprint density at radius 2 is 0.750 bits per heavy atom. The fraction of sp³-hybridized carbons (Fsp3) is 0.490. The molecule has 5 heteroatoms. The Bertz CT molecular complexity index is 1280. The molecule has 56 heavy (non-hydrogen) atoms. The number of aliphatic hydroxyl groups is 1. The number of esters is 2. The van der Waals surface area contributed by atoms with Crippen molar-refractivity contribution >= 4 is 11.9 Å². The summed E-state index contributed by atoms with van der Waals surface area (Å²) in [4.78, 5) is 24.2. The Morgan fingerprint density at radius 3 is 1.12 bits per heavy atom. The smallest absolute Gasteiger partial charge is 0.306 e. The molecule has 0 aromatic carbocycles. The Balaban J connectivity index is 3.76. The summed E-state index contributed by atoms with van der Waals surface area (Å²) in [6.45, 7) is 3.79. The average Bonchev–Trinajstić information content (AvgIpc) is 3.20. The number of allylic oxidation sites excluding steroid dienone is 24. The van der Waals surface area contributed by atoms with Crippen molar-refractivity contribution in [1.29, 1.82) is 0 Å². The van der Waals surface area contributed by atoms with Gasteiger partial charge in [-0.15, -0.1) is 0 Å². The highest BCUT2D eigenvalue weighted by molar-refractivity contribution is 5.70. The molecule has 1 unspecified atom stereocenters. The molecule has 0 saturated heterocycles. The highest BCUT2D eigenvalue weighted by Crippen LogP contribution is 2.09. The van der Waals surface area contributed by atoms with Gasteiger partial charge >= 0.3 is 11.9 Å². The van der Waals surface area contributed by atoms with Crippen LogP contribution in [0.3, 0.4) is 0 Å². The zero-order valence-electron chi connectivity index (χ0n) is 35.1. The van der Waals surface area contributed by atoms with Crippen molar-refractivity contribution in [3.05, 3.63) is 146 Å². The first-order valence-corrected chi connectivity index (χ1v) is 21.4. The van der Waals surface area contributed by atoms with E-state index in [0.717, 1.165) is 109 Å². The minimum absolute atomic E-state index is 0.126. The van der Waals surface area contributed by atoms with Gasteiger partial charge in [-0.25, -0.2) is 0 Å². The molecule has 0 saturated carbocycles. The molecule has 0 amide bonds. The third-order valence-electron chi connectivity index (χ3n) is 8.14. The standard InChI is InChI=1S/C51H76O5/c1-3-5-7-9-11-13-15-17-18-19-20-21-22-23-24-25-26-27-28-29-30-31-32-34-36-38-40-42-44-46-51(54)56-49(47-52)48-55-50(53)45-43-41-39-37-35-33-16-14-12-10-8-6-4-2/h5-8,11-14,17-18,20-21,23-24,26-27,29-30,32-35,39,41,49,52H,3-4,9-10,15-16,19,22,25,28,31,36-38,40,42-48H2,1-2H3/b7-5-,8-6-,13-11-,14-12-,18-17-,21-20-,24-23-,27-26-,30-29-,34-32-,35-33-,41-39-. The number of rotatable bonds is 36.